The molecule has 2 aliphatic heterocycles. The number of hydrogen-bond acceptors (Lipinski definition) is 3. The van der Waals surface area contributed by atoms with E-state index in [0.717, 1.165) is 37.9 Å². The van der Waals surface area contributed by atoms with Gasteiger partial charge in [-0.3, -0.25) is 14.5 Å². The molecule has 0 unspecified atom stereocenters. The lowest BCUT2D eigenvalue weighted by molar-refractivity contribution is -0.202. The zero-order valence-electron chi connectivity index (χ0n) is 12.6. The van der Waals surface area contributed by atoms with Crippen LogP contribution in [0.4, 0.5) is 4.39 Å². The molecule has 1 spiro atoms. The van der Waals surface area contributed by atoms with Crippen molar-refractivity contribution in [1.29, 1.82) is 0 Å². The molecule has 0 bridgehead atoms. The van der Waals surface area contributed by atoms with Gasteiger partial charge in [0.2, 0.25) is 5.91 Å². The number of hydroxylamine groups is 2. The number of piperidine rings is 1. The Morgan fingerprint density at radius 1 is 1.32 bits per heavy atom. The van der Waals surface area contributed by atoms with Gasteiger partial charge in [0.15, 0.2) is 0 Å². The van der Waals surface area contributed by atoms with Crippen molar-refractivity contribution < 1.29 is 14.0 Å². The third-order valence-corrected chi connectivity index (χ3v) is 5.19. The fourth-order valence-electron chi connectivity index (χ4n) is 3.57. The second-order valence-electron chi connectivity index (χ2n) is 6.11. The first-order valence-corrected chi connectivity index (χ1v) is 7.95. The third-order valence-electron chi connectivity index (χ3n) is 4.84. The maximum atomic E-state index is 13.1. The van der Waals surface area contributed by atoms with Crippen molar-refractivity contribution in [3.05, 3.63) is 34.6 Å². The number of carbonyl (C=O) groups is 1. The molecule has 0 aromatic heterocycles. The smallest absolute Gasteiger partial charge is 0.246 e. The van der Waals surface area contributed by atoms with Crippen molar-refractivity contribution in [3.63, 3.8) is 0 Å². The predicted molar refractivity (Wildman–Crippen MR) is 81.7 cm³/mol. The highest BCUT2D eigenvalue weighted by molar-refractivity contribution is 6.31. The summed E-state index contributed by atoms with van der Waals surface area (Å²) < 4.78 is 13.1. The van der Waals surface area contributed by atoms with Gasteiger partial charge >= 0.3 is 0 Å². The average molecular weight is 327 g/mol. The molecule has 2 saturated heterocycles. The molecule has 120 valence electrons. The number of amides is 1. The molecule has 0 radical (unpaired) electrons. The van der Waals surface area contributed by atoms with Crippen molar-refractivity contribution >= 4 is 17.5 Å². The van der Waals surface area contributed by atoms with Crippen LogP contribution in [0.25, 0.3) is 0 Å². The van der Waals surface area contributed by atoms with Crippen LogP contribution in [-0.2, 0) is 16.2 Å². The summed E-state index contributed by atoms with van der Waals surface area (Å²) in [6.45, 7) is 2.46. The third kappa shape index (κ3) is 2.85. The number of likely N-dealkylation sites (tertiary alicyclic amines) is 1. The highest BCUT2D eigenvalue weighted by Gasteiger charge is 2.47. The molecule has 6 heteroatoms. The maximum absolute atomic E-state index is 13.1. The number of carbonyl (C=O) groups excluding carboxylic acids is 1. The van der Waals surface area contributed by atoms with E-state index in [4.69, 9.17) is 16.4 Å². The molecule has 0 saturated carbocycles. The molecule has 22 heavy (non-hydrogen) atoms. The van der Waals surface area contributed by atoms with E-state index in [9.17, 15) is 9.18 Å². The lowest BCUT2D eigenvalue weighted by atomic mass is 9.86. The van der Waals surface area contributed by atoms with Crippen LogP contribution in [0.1, 0.15) is 31.2 Å². The lowest BCUT2D eigenvalue weighted by Gasteiger charge is -2.43. The molecule has 2 aliphatic rings. The van der Waals surface area contributed by atoms with Crippen LogP contribution in [0, 0.1) is 5.82 Å². The van der Waals surface area contributed by atoms with E-state index in [1.807, 2.05) is 0 Å². The highest BCUT2D eigenvalue weighted by atomic mass is 35.5. The molecule has 0 atom stereocenters. The van der Waals surface area contributed by atoms with Crippen LogP contribution in [-0.4, -0.2) is 41.6 Å². The van der Waals surface area contributed by atoms with Gasteiger partial charge in [-0.1, -0.05) is 17.7 Å². The Balaban J connectivity index is 1.63. The molecule has 0 N–H and O–H groups in total. The second-order valence-corrected chi connectivity index (χ2v) is 6.51. The number of hydrogen-bond donors (Lipinski definition) is 0. The highest BCUT2D eigenvalue weighted by Crippen LogP contribution is 2.39. The molecular formula is C16H20ClFN2O2. The molecular weight excluding hydrogens is 307 g/mol. The van der Waals surface area contributed by atoms with Gasteiger partial charge in [0, 0.05) is 31.1 Å². The number of nitrogens with zero attached hydrogens (tertiary/aromatic N) is 2. The molecule has 1 amide bonds. The van der Waals surface area contributed by atoms with Crippen molar-refractivity contribution in [3.8, 4) is 0 Å². The minimum absolute atomic E-state index is 0.0810. The largest absolute Gasteiger partial charge is 0.299 e. The first kappa shape index (κ1) is 15.7. The van der Waals surface area contributed by atoms with Crippen LogP contribution in [0.15, 0.2) is 18.2 Å². The quantitative estimate of drug-likeness (QED) is 0.856. The van der Waals surface area contributed by atoms with Crippen molar-refractivity contribution in [2.24, 2.45) is 0 Å². The summed E-state index contributed by atoms with van der Waals surface area (Å²) in [6, 6.07) is 4.53. The fourth-order valence-corrected chi connectivity index (χ4v) is 3.80. The molecule has 2 fully saturated rings. The summed E-state index contributed by atoms with van der Waals surface area (Å²) in [5, 5.41) is 2.05. The first-order valence-electron chi connectivity index (χ1n) is 7.57. The van der Waals surface area contributed by atoms with Gasteiger partial charge in [-0.25, -0.2) is 9.45 Å². The van der Waals surface area contributed by atoms with Crippen LogP contribution in [0.3, 0.4) is 0 Å². The van der Waals surface area contributed by atoms with Crippen LogP contribution in [0.2, 0.25) is 5.02 Å². The van der Waals surface area contributed by atoms with E-state index < -0.39 is 0 Å². The monoisotopic (exact) mass is 326 g/mol. The number of benzene rings is 1. The summed E-state index contributed by atoms with van der Waals surface area (Å²) in [5.74, 6) is -0.232. The van der Waals surface area contributed by atoms with E-state index in [-0.39, 0.29) is 17.3 Å². The Morgan fingerprint density at radius 2 is 2.05 bits per heavy atom. The van der Waals surface area contributed by atoms with Crippen LogP contribution >= 0.6 is 11.6 Å². The first-order chi connectivity index (χ1) is 10.5. The Bertz CT molecular complexity index is 573. The fraction of sp³-hybridized carbons (Fsp3) is 0.562. The molecule has 1 aromatic carbocycles. The topological polar surface area (TPSA) is 32.8 Å². The zero-order chi connectivity index (χ0) is 15.7. The minimum atomic E-state index is -0.313. The normalized spacial score (nSPS) is 21.8. The molecule has 4 nitrogen and oxygen atoms in total. The zero-order valence-corrected chi connectivity index (χ0v) is 13.4. The van der Waals surface area contributed by atoms with Crippen LogP contribution in [0.5, 0.6) is 0 Å². The number of halogens is 2. The van der Waals surface area contributed by atoms with Crippen molar-refractivity contribution in [2.75, 3.05) is 20.2 Å². The molecule has 0 aliphatic carbocycles. The van der Waals surface area contributed by atoms with Gasteiger partial charge in [-0.05, 0) is 37.0 Å². The summed E-state index contributed by atoms with van der Waals surface area (Å²) >= 11 is 6.09. The van der Waals surface area contributed by atoms with Crippen LogP contribution < -0.4 is 0 Å². The Hall–Kier alpha value is -1.17. The summed E-state index contributed by atoms with van der Waals surface area (Å²) in [5.41, 5.74) is 0.791. The van der Waals surface area contributed by atoms with E-state index in [1.165, 1.54) is 12.1 Å². The Labute approximate surface area is 134 Å². The minimum Gasteiger partial charge on any atom is -0.299 e. The number of rotatable bonds is 3. The predicted octanol–water partition coefficient (Wildman–Crippen LogP) is 3.00. The van der Waals surface area contributed by atoms with Gasteiger partial charge in [-0.15, -0.1) is 0 Å². The van der Waals surface area contributed by atoms with Gasteiger partial charge < -0.3 is 0 Å². The second kappa shape index (κ2) is 6.14. The summed E-state index contributed by atoms with van der Waals surface area (Å²) in [6.07, 6.45) is 3.22. The Morgan fingerprint density at radius 3 is 2.68 bits per heavy atom. The van der Waals surface area contributed by atoms with Gasteiger partial charge in [0.25, 0.3) is 0 Å². The Kier molecular flexibility index (Phi) is 4.39. The van der Waals surface area contributed by atoms with E-state index in [0.29, 0.717) is 18.0 Å². The summed E-state index contributed by atoms with van der Waals surface area (Å²) in [4.78, 5) is 19.5. The average Bonchev–Trinajstić information content (AvgIpc) is 2.80. The lowest BCUT2D eigenvalue weighted by Crippen LogP contribution is -2.52. The molecule has 2 heterocycles. The SMILES string of the molecule is CON1C(=O)CCC12CCN(Cc1ccc(F)cc1Cl)CC2. The van der Waals surface area contributed by atoms with E-state index in [1.54, 1.807) is 18.2 Å². The van der Waals surface area contributed by atoms with E-state index >= 15 is 0 Å². The molecule has 1 aromatic rings. The van der Waals surface area contributed by atoms with Gasteiger partial charge in [-0.2, -0.15) is 0 Å². The van der Waals surface area contributed by atoms with Crippen molar-refractivity contribution in [2.45, 2.75) is 37.8 Å². The van der Waals surface area contributed by atoms with Gasteiger partial charge in [0.05, 0.1) is 12.6 Å². The van der Waals surface area contributed by atoms with Gasteiger partial charge in [0.1, 0.15) is 5.82 Å². The standard InChI is InChI=1S/C16H20ClFN2O2/c1-22-20-15(21)4-5-16(20)6-8-19(9-7-16)11-12-2-3-13(18)10-14(12)17/h2-3,10H,4-9,11H2,1H3. The maximum Gasteiger partial charge on any atom is 0.246 e. The van der Waals surface area contributed by atoms with E-state index in [2.05, 4.69) is 4.90 Å². The summed E-state index contributed by atoms with van der Waals surface area (Å²) in [7, 11) is 1.57. The molecule has 3 rings (SSSR count). The van der Waals surface area contributed by atoms with Crippen molar-refractivity contribution in [1.82, 2.24) is 9.96 Å².